The fourth-order valence-electron chi connectivity index (χ4n) is 1.45. The Labute approximate surface area is 130 Å². The third-order valence-corrected chi connectivity index (χ3v) is 3.24. The van der Waals surface area contributed by atoms with E-state index in [2.05, 4.69) is 41.5 Å². The van der Waals surface area contributed by atoms with Gasteiger partial charge in [-0.2, -0.15) is 15.0 Å². The van der Waals surface area contributed by atoms with E-state index in [0.29, 0.717) is 22.9 Å². The van der Waals surface area contributed by atoms with Crippen LogP contribution in [0.3, 0.4) is 0 Å². The van der Waals surface area contributed by atoms with Gasteiger partial charge in [0, 0.05) is 25.6 Å². The number of halogens is 2. The molecule has 0 fully saturated rings. The number of rotatable bonds is 4. The second-order valence-corrected chi connectivity index (χ2v) is 5.50. The molecule has 6 nitrogen and oxygen atoms in total. The lowest BCUT2D eigenvalue weighted by atomic mass is 10.3. The Morgan fingerprint density at radius 2 is 1.85 bits per heavy atom. The molecule has 2 rings (SSSR count). The lowest BCUT2D eigenvalue weighted by Crippen LogP contribution is -2.15. The minimum Gasteiger partial charge on any atom is -0.357 e. The van der Waals surface area contributed by atoms with E-state index in [4.69, 9.17) is 11.6 Å². The molecule has 1 aromatic carbocycles. The molecule has 0 bridgehead atoms. The Morgan fingerprint density at radius 3 is 2.50 bits per heavy atom. The van der Waals surface area contributed by atoms with E-state index in [0.717, 1.165) is 10.2 Å². The summed E-state index contributed by atoms with van der Waals surface area (Å²) in [5.41, 5.74) is 0.721. The number of anilines is 4. The smallest absolute Gasteiger partial charge is 0.233 e. The van der Waals surface area contributed by atoms with E-state index in [9.17, 15) is 0 Å². The first-order valence-corrected chi connectivity index (χ1v) is 7.00. The van der Waals surface area contributed by atoms with Crippen molar-refractivity contribution in [3.05, 3.63) is 27.7 Å². The van der Waals surface area contributed by atoms with E-state index in [1.807, 2.05) is 26.2 Å². The molecule has 1 aromatic heterocycles. The molecule has 0 saturated carbocycles. The molecular formula is C12H14BrClN6. The Kier molecular flexibility index (Phi) is 4.61. The van der Waals surface area contributed by atoms with Crippen molar-refractivity contribution in [3.63, 3.8) is 0 Å². The SMILES string of the molecule is CNc1nc(Nc2cc(Br)ccc2Cl)nc(N(C)C)n1. The lowest BCUT2D eigenvalue weighted by Gasteiger charge is -2.13. The largest absolute Gasteiger partial charge is 0.357 e. The summed E-state index contributed by atoms with van der Waals surface area (Å²) in [4.78, 5) is 14.6. The number of benzene rings is 1. The van der Waals surface area contributed by atoms with Crippen molar-refractivity contribution in [2.45, 2.75) is 0 Å². The summed E-state index contributed by atoms with van der Waals surface area (Å²) in [6, 6.07) is 5.52. The van der Waals surface area contributed by atoms with Crippen molar-refractivity contribution in [1.29, 1.82) is 0 Å². The molecule has 0 amide bonds. The molecule has 20 heavy (non-hydrogen) atoms. The van der Waals surface area contributed by atoms with Crippen molar-refractivity contribution in [1.82, 2.24) is 15.0 Å². The molecule has 2 aromatic rings. The van der Waals surface area contributed by atoms with E-state index >= 15 is 0 Å². The summed E-state index contributed by atoms with van der Waals surface area (Å²) in [5, 5.41) is 6.58. The van der Waals surface area contributed by atoms with Gasteiger partial charge < -0.3 is 15.5 Å². The van der Waals surface area contributed by atoms with E-state index in [1.54, 1.807) is 18.0 Å². The summed E-state index contributed by atoms with van der Waals surface area (Å²) in [6.45, 7) is 0. The lowest BCUT2D eigenvalue weighted by molar-refractivity contribution is 0.963. The second kappa shape index (κ2) is 6.23. The molecule has 0 unspecified atom stereocenters. The molecule has 0 radical (unpaired) electrons. The zero-order chi connectivity index (χ0) is 14.7. The maximum atomic E-state index is 6.14. The first-order valence-electron chi connectivity index (χ1n) is 5.83. The number of nitrogens with zero attached hydrogens (tertiary/aromatic N) is 4. The quantitative estimate of drug-likeness (QED) is 0.876. The molecule has 8 heteroatoms. The topological polar surface area (TPSA) is 66.0 Å². The summed E-state index contributed by atoms with van der Waals surface area (Å²) in [6.07, 6.45) is 0. The van der Waals surface area contributed by atoms with Crippen LogP contribution in [0.5, 0.6) is 0 Å². The van der Waals surface area contributed by atoms with Crippen LogP contribution in [0.25, 0.3) is 0 Å². The van der Waals surface area contributed by atoms with Crippen LogP contribution in [-0.2, 0) is 0 Å². The monoisotopic (exact) mass is 356 g/mol. The molecule has 106 valence electrons. The third-order valence-electron chi connectivity index (χ3n) is 2.42. The molecule has 0 spiro atoms. The average Bonchev–Trinajstić information content (AvgIpc) is 2.42. The van der Waals surface area contributed by atoms with Gasteiger partial charge in [0.1, 0.15) is 0 Å². The highest BCUT2D eigenvalue weighted by Gasteiger charge is 2.09. The fraction of sp³-hybridized carbons (Fsp3) is 0.250. The minimum atomic E-state index is 0.424. The average molecular weight is 358 g/mol. The summed E-state index contributed by atoms with van der Waals surface area (Å²) < 4.78 is 0.917. The normalized spacial score (nSPS) is 10.2. The van der Waals surface area contributed by atoms with Crippen LogP contribution in [0.4, 0.5) is 23.5 Å². The van der Waals surface area contributed by atoms with Gasteiger partial charge in [-0.1, -0.05) is 27.5 Å². The van der Waals surface area contributed by atoms with Gasteiger partial charge in [-0.25, -0.2) is 0 Å². The molecule has 0 aliphatic rings. The van der Waals surface area contributed by atoms with Crippen LogP contribution in [0.15, 0.2) is 22.7 Å². The first-order chi connectivity index (χ1) is 9.49. The highest BCUT2D eigenvalue weighted by molar-refractivity contribution is 9.10. The van der Waals surface area contributed by atoms with E-state index in [-0.39, 0.29) is 0 Å². The van der Waals surface area contributed by atoms with Gasteiger partial charge in [0.05, 0.1) is 10.7 Å². The standard InChI is InChI=1S/C12H14BrClN6/c1-15-10-17-11(19-12(18-10)20(2)3)16-9-6-7(13)4-5-8(9)14/h4-6H,1-3H3,(H2,15,16,17,18,19). The van der Waals surface area contributed by atoms with Crippen molar-refractivity contribution >= 4 is 51.1 Å². The van der Waals surface area contributed by atoms with Gasteiger partial charge in [-0.05, 0) is 18.2 Å². The summed E-state index contributed by atoms with van der Waals surface area (Å²) >= 11 is 9.54. The Morgan fingerprint density at radius 1 is 1.15 bits per heavy atom. The second-order valence-electron chi connectivity index (χ2n) is 4.18. The maximum absolute atomic E-state index is 6.14. The van der Waals surface area contributed by atoms with Gasteiger partial charge in [-0.15, -0.1) is 0 Å². The maximum Gasteiger partial charge on any atom is 0.233 e. The van der Waals surface area contributed by atoms with Crippen LogP contribution in [-0.4, -0.2) is 36.1 Å². The van der Waals surface area contributed by atoms with Crippen LogP contribution >= 0.6 is 27.5 Å². The van der Waals surface area contributed by atoms with Gasteiger partial charge in [-0.3, -0.25) is 0 Å². The zero-order valence-corrected chi connectivity index (χ0v) is 13.6. The van der Waals surface area contributed by atoms with E-state index in [1.165, 1.54) is 0 Å². The predicted octanol–water partition coefficient (Wildman–Crippen LogP) is 3.14. The summed E-state index contributed by atoms with van der Waals surface area (Å²) in [5.74, 6) is 1.46. The molecule has 0 atom stereocenters. The first kappa shape index (κ1) is 14.8. The minimum absolute atomic E-state index is 0.424. The van der Waals surface area contributed by atoms with Gasteiger partial charge in [0.2, 0.25) is 17.8 Å². The third kappa shape index (κ3) is 3.49. The zero-order valence-electron chi connectivity index (χ0n) is 11.3. The van der Waals surface area contributed by atoms with Crippen LogP contribution in [0.1, 0.15) is 0 Å². The highest BCUT2D eigenvalue weighted by atomic mass is 79.9. The number of hydrogen-bond acceptors (Lipinski definition) is 6. The Bertz CT molecular complexity index is 619. The highest BCUT2D eigenvalue weighted by Crippen LogP contribution is 2.28. The Balaban J connectivity index is 2.37. The number of hydrogen-bond donors (Lipinski definition) is 2. The molecule has 2 N–H and O–H groups in total. The van der Waals surface area contributed by atoms with Gasteiger partial charge in [0.25, 0.3) is 0 Å². The van der Waals surface area contributed by atoms with Crippen molar-refractivity contribution in [2.75, 3.05) is 36.7 Å². The van der Waals surface area contributed by atoms with Crippen LogP contribution < -0.4 is 15.5 Å². The van der Waals surface area contributed by atoms with Crippen molar-refractivity contribution < 1.29 is 0 Å². The fourth-order valence-corrected chi connectivity index (χ4v) is 1.97. The van der Waals surface area contributed by atoms with Crippen molar-refractivity contribution in [2.24, 2.45) is 0 Å². The van der Waals surface area contributed by atoms with Gasteiger partial charge in [0.15, 0.2) is 0 Å². The van der Waals surface area contributed by atoms with Crippen LogP contribution in [0.2, 0.25) is 5.02 Å². The molecular weight excluding hydrogens is 344 g/mol. The molecule has 1 heterocycles. The molecule has 0 saturated heterocycles. The Hall–Kier alpha value is -1.60. The van der Waals surface area contributed by atoms with E-state index < -0.39 is 0 Å². The predicted molar refractivity (Wildman–Crippen MR) is 86.1 cm³/mol. The van der Waals surface area contributed by atoms with Gasteiger partial charge >= 0.3 is 0 Å². The molecule has 0 aliphatic carbocycles. The number of nitrogens with one attached hydrogen (secondary N) is 2. The number of aromatic nitrogens is 3. The summed E-state index contributed by atoms with van der Waals surface area (Å²) in [7, 11) is 5.49. The van der Waals surface area contributed by atoms with Crippen LogP contribution in [0, 0.1) is 0 Å². The van der Waals surface area contributed by atoms with Crippen molar-refractivity contribution in [3.8, 4) is 0 Å². The molecule has 0 aliphatic heterocycles.